The van der Waals surface area contributed by atoms with Crippen molar-refractivity contribution in [3.63, 3.8) is 0 Å². The molecular weight excluding hydrogens is 272 g/mol. The maximum atomic E-state index is 9.48. The fourth-order valence-corrected chi connectivity index (χ4v) is 3.42. The zero-order valence-corrected chi connectivity index (χ0v) is 12.8. The highest BCUT2D eigenvalue weighted by Crippen LogP contribution is 2.36. The Morgan fingerprint density at radius 2 is 1.59 bits per heavy atom. The van der Waals surface area contributed by atoms with Gasteiger partial charge in [0.25, 0.3) is 0 Å². The summed E-state index contributed by atoms with van der Waals surface area (Å²) in [6, 6.07) is 21.2. The lowest BCUT2D eigenvalue weighted by Gasteiger charge is -2.38. The number of benzene rings is 2. The van der Waals surface area contributed by atoms with Crippen molar-refractivity contribution in [2.24, 2.45) is 11.1 Å². The van der Waals surface area contributed by atoms with Gasteiger partial charge in [0.15, 0.2) is 0 Å². The molecule has 3 nitrogen and oxygen atoms in total. The van der Waals surface area contributed by atoms with Gasteiger partial charge in [-0.15, -0.1) is 0 Å². The van der Waals surface area contributed by atoms with Crippen molar-refractivity contribution in [2.75, 3.05) is 0 Å². The molecule has 0 radical (unpaired) electrons. The van der Waals surface area contributed by atoms with Crippen molar-refractivity contribution in [3.05, 3.63) is 71.8 Å². The first-order valence-corrected chi connectivity index (χ1v) is 7.90. The molecule has 22 heavy (non-hydrogen) atoms. The Morgan fingerprint density at radius 1 is 1.00 bits per heavy atom. The minimum Gasteiger partial charge on any atom is -0.411 e. The fraction of sp³-hybridized carbons (Fsp3) is 0.316. The predicted molar refractivity (Wildman–Crippen MR) is 89.1 cm³/mol. The minimum absolute atomic E-state index is 0.177. The molecule has 1 aliphatic heterocycles. The van der Waals surface area contributed by atoms with Gasteiger partial charge < -0.3 is 10.5 Å². The van der Waals surface area contributed by atoms with Crippen LogP contribution in [-0.2, 0) is 0 Å². The van der Waals surface area contributed by atoms with Crippen LogP contribution in [0.5, 0.6) is 0 Å². The lowest BCUT2D eigenvalue weighted by Crippen LogP contribution is -2.42. The van der Waals surface area contributed by atoms with Crippen LogP contribution < -0.4 is 5.32 Å². The van der Waals surface area contributed by atoms with Crippen molar-refractivity contribution in [3.8, 4) is 0 Å². The number of hydrogen-bond donors (Lipinski definition) is 2. The largest absolute Gasteiger partial charge is 0.411 e. The Kier molecular flexibility index (Phi) is 4.54. The van der Waals surface area contributed by atoms with Gasteiger partial charge in [-0.3, -0.25) is 0 Å². The van der Waals surface area contributed by atoms with Crippen LogP contribution in [0.1, 0.15) is 43.0 Å². The van der Waals surface area contributed by atoms with E-state index in [-0.39, 0.29) is 18.0 Å². The molecule has 2 N–H and O–H groups in total. The summed E-state index contributed by atoms with van der Waals surface area (Å²) in [5, 5.41) is 16.9. The van der Waals surface area contributed by atoms with Crippen LogP contribution >= 0.6 is 0 Å². The van der Waals surface area contributed by atoms with Crippen LogP contribution in [0.15, 0.2) is 65.8 Å². The van der Waals surface area contributed by atoms with E-state index in [1.54, 1.807) is 0 Å². The van der Waals surface area contributed by atoms with Gasteiger partial charge in [-0.1, -0.05) is 72.7 Å². The van der Waals surface area contributed by atoms with Crippen molar-refractivity contribution in [2.45, 2.75) is 31.8 Å². The molecular formula is C19H22N2O. The summed E-state index contributed by atoms with van der Waals surface area (Å²) in [6.07, 6.45) is 1.70. The first kappa shape index (κ1) is 14.8. The monoisotopic (exact) mass is 294 g/mol. The molecule has 2 aromatic carbocycles. The summed E-state index contributed by atoms with van der Waals surface area (Å²) in [5.74, 6) is 0.229. The van der Waals surface area contributed by atoms with Gasteiger partial charge in [-0.05, 0) is 17.5 Å². The second-order valence-corrected chi connectivity index (χ2v) is 5.83. The van der Waals surface area contributed by atoms with E-state index in [1.807, 2.05) is 12.1 Å². The van der Waals surface area contributed by atoms with Crippen molar-refractivity contribution < 1.29 is 5.21 Å². The van der Waals surface area contributed by atoms with Crippen LogP contribution in [0.2, 0.25) is 0 Å². The van der Waals surface area contributed by atoms with Crippen molar-refractivity contribution in [1.29, 1.82) is 0 Å². The molecule has 3 heteroatoms. The molecule has 3 atom stereocenters. The van der Waals surface area contributed by atoms with Crippen LogP contribution in [0.25, 0.3) is 0 Å². The molecule has 0 aromatic heterocycles. The molecule has 0 bridgehead atoms. The zero-order chi connectivity index (χ0) is 15.4. The molecule has 114 valence electrons. The number of nitrogens with one attached hydrogen (secondary N) is 1. The van der Waals surface area contributed by atoms with Crippen LogP contribution in [0, 0.1) is 5.92 Å². The van der Waals surface area contributed by atoms with Crippen LogP contribution in [0.3, 0.4) is 0 Å². The Bertz CT molecular complexity index is 624. The quantitative estimate of drug-likeness (QED) is 0.654. The highest BCUT2D eigenvalue weighted by Gasteiger charge is 2.35. The summed E-state index contributed by atoms with van der Waals surface area (Å²) in [4.78, 5) is 0. The summed E-state index contributed by atoms with van der Waals surface area (Å²) in [5.41, 5.74) is 3.37. The Hall–Kier alpha value is -2.13. The standard InChI is InChI=1S/C19H22N2O/c1-2-16-18(21-22)13-17(14-9-5-3-6-10-14)20-19(16)15-11-7-4-8-12-15/h3-12,16-17,19-20,22H,2,13H2,1H3/b21-18-. The Labute approximate surface area is 131 Å². The molecule has 3 unspecified atom stereocenters. The van der Waals surface area contributed by atoms with E-state index in [2.05, 4.69) is 65.9 Å². The highest BCUT2D eigenvalue weighted by atomic mass is 16.4. The maximum Gasteiger partial charge on any atom is 0.0639 e. The second-order valence-electron chi connectivity index (χ2n) is 5.83. The summed E-state index contributed by atoms with van der Waals surface area (Å²) >= 11 is 0. The van der Waals surface area contributed by atoms with Crippen molar-refractivity contribution >= 4 is 5.71 Å². The topological polar surface area (TPSA) is 44.6 Å². The highest BCUT2D eigenvalue weighted by molar-refractivity contribution is 5.88. The summed E-state index contributed by atoms with van der Waals surface area (Å²) < 4.78 is 0. The van der Waals surface area contributed by atoms with Gasteiger partial charge >= 0.3 is 0 Å². The number of piperidine rings is 1. The minimum atomic E-state index is 0.177. The third-order valence-electron chi connectivity index (χ3n) is 4.55. The molecule has 0 saturated carbocycles. The van der Waals surface area contributed by atoms with Crippen LogP contribution in [-0.4, -0.2) is 10.9 Å². The maximum absolute atomic E-state index is 9.48. The lowest BCUT2D eigenvalue weighted by molar-refractivity contribution is 0.287. The Morgan fingerprint density at radius 3 is 2.14 bits per heavy atom. The van der Waals surface area contributed by atoms with Gasteiger partial charge in [-0.2, -0.15) is 0 Å². The predicted octanol–water partition coefficient (Wildman–Crippen LogP) is 4.32. The third kappa shape index (κ3) is 2.90. The molecule has 2 aromatic rings. The van der Waals surface area contributed by atoms with Gasteiger partial charge in [0.2, 0.25) is 0 Å². The first-order valence-electron chi connectivity index (χ1n) is 7.90. The van der Waals surface area contributed by atoms with Crippen molar-refractivity contribution in [1.82, 2.24) is 5.32 Å². The van der Waals surface area contributed by atoms with E-state index in [4.69, 9.17) is 0 Å². The SMILES string of the molecule is CCC1/C(=N\O)CC(c2ccccc2)NC1c1ccccc1. The lowest BCUT2D eigenvalue weighted by atomic mass is 9.79. The second kappa shape index (κ2) is 6.75. The zero-order valence-electron chi connectivity index (χ0n) is 12.8. The molecule has 0 amide bonds. The average Bonchev–Trinajstić information content (AvgIpc) is 2.62. The van der Waals surface area contributed by atoms with Gasteiger partial charge in [0, 0.05) is 24.4 Å². The summed E-state index contributed by atoms with van der Waals surface area (Å²) in [6.45, 7) is 2.15. The van der Waals surface area contributed by atoms with Gasteiger partial charge in [-0.25, -0.2) is 0 Å². The van der Waals surface area contributed by atoms with E-state index in [0.29, 0.717) is 0 Å². The first-order chi connectivity index (χ1) is 10.8. The van der Waals surface area contributed by atoms with Crippen LogP contribution in [0.4, 0.5) is 0 Å². The molecule has 0 aliphatic carbocycles. The summed E-state index contributed by atoms with van der Waals surface area (Å²) in [7, 11) is 0. The number of nitrogens with zero attached hydrogens (tertiary/aromatic N) is 1. The smallest absolute Gasteiger partial charge is 0.0639 e. The van der Waals surface area contributed by atoms with E-state index in [0.717, 1.165) is 18.6 Å². The van der Waals surface area contributed by atoms with E-state index < -0.39 is 0 Å². The average molecular weight is 294 g/mol. The van der Waals surface area contributed by atoms with Gasteiger partial charge in [0.1, 0.15) is 0 Å². The molecule has 1 saturated heterocycles. The fourth-order valence-electron chi connectivity index (χ4n) is 3.42. The Balaban J connectivity index is 1.95. The third-order valence-corrected chi connectivity index (χ3v) is 4.55. The molecule has 0 spiro atoms. The van der Waals surface area contributed by atoms with Gasteiger partial charge in [0.05, 0.1) is 5.71 Å². The molecule has 1 fully saturated rings. The normalized spacial score (nSPS) is 27.0. The number of oxime groups is 1. The number of hydrogen-bond acceptors (Lipinski definition) is 3. The molecule has 3 rings (SSSR count). The van der Waals surface area contributed by atoms with E-state index >= 15 is 0 Å². The number of rotatable bonds is 3. The molecule has 1 aliphatic rings. The van der Waals surface area contributed by atoms with E-state index in [1.165, 1.54) is 11.1 Å². The molecule has 1 heterocycles. The van der Waals surface area contributed by atoms with E-state index in [9.17, 15) is 5.21 Å².